The Kier molecular flexibility index (Phi) is 5.87. The summed E-state index contributed by atoms with van der Waals surface area (Å²) in [4.78, 5) is 0. The zero-order valence-electron chi connectivity index (χ0n) is 11.0. The van der Waals surface area contributed by atoms with Crippen LogP contribution in [0.1, 0.15) is 31.2 Å². The molecule has 3 heteroatoms. The van der Waals surface area contributed by atoms with E-state index in [2.05, 4.69) is 36.3 Å². The van der Waals surface area contributed by atoms with Gasteiger partial charge in [0.1, 0.15) is 0 Å². The molecule has 1 aromatic carbocycles. The molecule has 1 saturated carbocycles. The van der Waals surface area contributed by atoms with Gasteiger partial charge in [0.2, 0.25) is 0 Å². The molecule has 1 nitrogen and oxygen atoms in total. The van der Waals surface area contributed by atoms with Crippen molar-refractivity contribution in [3.63, 3.8) is 0 Å². The molecular weight excluding hydrogens is 262 g/mol. The van der Waals surface area contributed by atoms with Gasteiger partial charge in [-0.05, 0) is 44.0 Å². The first-order valence-corrected chi connectivity index (χ1v) is 8.24. The second kappa shape index (κ2) is 7.42. The van der Waals surface area contributed by atoms with E-state index in [0.717, 1.165) is 16.7 Å². The van der Waals surface area contributed by atoms with E-state index in [1.165, 1.54) is 37.0 Å². The summed E-state index contributed by atoms with van der Waals surface area (Å²) in [6.07, 6.45) is 6.79. The van der Waals surface area contributed by atoms with Crippen LogP contribution >= 0.6 is 23.4 Å². The summed E-state index contributed by atoms with van der Waals surface area (Å²) in [5, 5.41) is 5.16. The number of rotatable bonds is 6. The molecule has 100 valence electrons. The number of hydrogen-bond donors (Lipinski definition) is 1. The molecule has 0 radical (unpaired) electrons. The Labute approximate surface area is 120 Å². The molecule has 0 saturated heterocycles. The number of likely N-dealkylation sites (N-methyl/N-ethyl adjacent to an activating group) is 1. The number of benzene rings is 1. The molecule has 0 heterocycles. The first-order chi connectivity index (χ1) is 8.78. The average molecular weight is 284 g/mol. The minimum Gasteiger partial charge on any atom is -0.316 e. The van der Waals surface area contributed by atoms with Gasteiger partial charge in [0.05, 0.1) is 0 Å². The second-order valence-corrected chi connectivity index (χ2v) is 6.83. The van der Waals surface area contributed by atoms with Crippen LogP contribution in [0.25, 0.3) is 0 Å². The van der Waals surface area contributed by atoms with Gasteiger partial charge in [-0.2, -0.15) is 11.8 Å². The van der Waals surface area contributed by atoms with E-state index in [-0.39, 0.29) is 0 Å². The van der Waals surface area contributed by atoms with E-state index in [4.69, 9.17) is 11.6 Å². The lowest BCUT2D eigenvalue weighted by atomic mass is 10.1. The molecule has 0 aromatic heterocycles. The van der Waals surface area contributed by atoms with Crippen molar-refractivity contribution in [1.82, 2.24) is 5.32 Å². The van der Waals surface area contributed by atoms with Crippen molar-refractivity contribution in [2.45, 2.75) is 43.4 Å². The fraction of sp³-hybridized carbons (Fsp3) is 0.600. The van der Waals surface area contributed by atoms with Gasteiger partial charge in [0, 0.05) is 22.1 Å². The summed E-state index contributed by atoms with van der Waals surface area (Å²) in [6.45, 7) is 0. The molecule has 1 N–H and O–H groups in total. The summed E-state index contributed by atoms with van der Waals surface area (Å²) < 4.78 is 0. The number of thioether (sulfide) groups is 1. The zero-order chi connectivity index (χ0) is 12.8. The van der Waals surface area contributed by atoms with E-state index in [1.807, 2.05) is 12.1 Å². The first-order valence-electron chi connectivity index (χ1n) is 6.81. The summed E-state index contributed by atoms with van der Waals surface area (Å²) in [5.41, 5.74) is 1.37. The summed E-state index contributed by atoms with van der Waals surface area (Å²) >= 11 is 8.06. The number of halogens is 1. The Hall–Kier alpha value is -0.180. The molecule has 0 bridgehead atoms. The van der Waals surface area contributed by atoms with Crippen molar-refractivity contribution in [3.8, 4) is 0 Å². The van der Waals surface area contributed by atoms with Gasteiger partial charge in [-0.1, -0.05) is 36.6 Å². The Balaban J connectivity index is 1.79. The standard InChI is InChI=1S/C15H22ClNS/c1-17-14(11-18-15-4-2-3-5-15)10-12-6-8-13(16)9-7-12/h6-9,14-15,17H,2-5,10-11H2,1H3. The third kappa shape index (κ3) is 4.49. The molecule has 1 fully saturated rings. The fourth-order valence-electron chi connectivity index (χ4n) is 2.46. The Bertz CT molecular complexity index is 346. The molecule has 1 unspecified atom stereocenters. The zero-order valence-corrected chi connectivity index (χ0v) is 12.6. The van der Waals surface area contributed by atoms with Crippen LogP contribution in [0.2, 0.25) is 5.02 Å². The highest BCUT2D eigenvalue weighted by Crippen LogP contribution is 2.30. The third-order valence-electron chi connectivity index (χ3n) is 3.64. The Morgan fingerprint density at radius 2 is 1.94 bits per heavy atom. The molecule has 1 aromatic rings. The molecule has 0 aliphatic heterocycles. The Morgan fingerprint density at radius 1 is 1.28 bits per heavy atom. The highest BCUT2D eigenvalue weighted by atomic mass is 35.5. The van der Waals surface area contributed by atoms with Gasteiger partial charge < -0.3 is 5.32 Å². The van der Waals surface area contributed by atoms with Crippen molar-refractivity contribution >= 4 is 23.4 Å². The van der Waals surface area contributed by atoms with Crippen molar-refractivity contribution < 1.29 is 0 Å². The van der Waals surface area contributed by atoms with Crippen molar-refractivity contribution in [2.75, 3.05) is 12.8 Å². The molecule has 0 amide bonds. The van der Waals surface area contributed by atoms with Gasteiger partial charge in [0.15, 0.2) is 0 Å². The quantitative estimate of drug-likeness (QED) is 0.842. The summed E-state index contributed by atoms with van der Waals surface area (Å²) in [5.74, 6) is 1.21. The largest absolute Gasteiger partial charge is 0.316 e. The third-order valence-corrected chi connectivity index (χ3v) is 5.43. The Morgan fingerprint density at radius 3 is 2.56 bits per heavy atom. The van der Waals surface area contributed by atoms with E-state index in [9.17, 15) is 0 Å². The van der Waals surface area contributed by atoms with Gasteiger partial charge >= 0.3 is 0 Å². The lowest BCUT2D eigenvalue weighted by Crippen LogP contribution is -2.30. The molecule has 2 rings (SSSR count). The number of nitrogens with one attached hydrogen (secondary N) is 1. The summed E-state index contributed by atoms with van der Waals surface area (Å²) in [7, 11) is 2.07. The van der Waals surface area contributed by atoms with Crippen LogP contribution in [0.5, 0.6) is 0 Å². The lowest BCUT2D eigenvalue weighted by Gasteiger charge is -2.18. The van der Waals surface area contributed by atoms with Crippen molar-refractivity contribution in [3.05, 3.63) is 34.9 Å². The highest BCUT2D eigenvalue weighted by Gasteiger charge is 2.17. The van der Waals surface area contributed by atoms with Crippen LogP contribution in [0.4, 0.5) is 0 Å². The minimum atomic E-state index is 0.566. The fourth-order valence-corrected chi connectivity index (χ4v) is 4.04. The van der Waals surface area contributed by atoms with Crippen LogP contribution < -0.4 is 5.32 Å². The van der Waals surface area contributed by atoms with E-state index in [1.54, 1.807) is 0 Å². The SMILES string of the molecule is CNC(CSC1CCCC1)Cc1ccc(Cl)cc1. The molecule has 1 atom stereocenters. The summed E-state index contributed by atoms with van der Waals surface area (Å²) in [6, 6.07) is 8.79. The van der Waals surface area contributed by atoms with E-state index in [0.29, 0.717) is 6.04 Å². The van der Waals surface area contributed by atoms with Crippen LogP contribution in [0, 0.1) is 0 Å². The van der Waals surface area contributed by atoms with Crippen LogP contribution in [0.15, 0.2) is 24.3 Å². The van der Waals surface area contributed by atoms with Crippen molar-refractivity contribution in [2.24, 2.45) is 0 Å². The van der Waals surface area contributed by atoms with Gasteiger partial charge in [-0.25, -0.2) is 0 Å². The minimum absolute atomic E-state index is 0.566. The first kappa shape index (κ1) is 14.2. The van der Waals surface area contributed by atoms with Crippen molar-refractivity contribution in [1.29, 1.82) is 0 Å². The maximum atomic E-state index is 5.91. The van der Waals surface area contributed by atoms with Gasteiger partial charge in [0.25, 0.3) is 0 Å². The predicted octanol–water partition coefficient (Wildman–Crippen LogP) is 4.15. The maximum absolute atomic E-state index is 5.91. The van der Waals surface area contributed by atoms with Crippen LogP contribution in [0.3, 0.4) is 0 Å². The number of hydrogen-bond acceptors (Lipinski definition) is 2. The van der Waals surface area contributed by atoms with Crippen LogP contribution in [-0.2, 0) is 6.42 Å². The smallest absolute Gasteiger partial charge is 0.0406 e. The van der Waals surface area contributed by atoms with Gasteiger partial charge in [-0.15, -0.1) is 0 Å². The topological polar surface area (TPSA) is 12.0 Å². The van der Waals surface area contributed by atoms with Crippen LogP contribution in [-0.4, -0.2) is 24.1 Å². The molecule has 1 aliphatic rings. The molecule has 1 aliphatic carbocycles. The molecule has 0 spiro atoms. The van der Waals surface area contributed by atoms with E-state index >= 15 is 0 Å². The average Bonchev–Trinajstić information content (AvgIpc) is 2.90. The maximum Gasteiger partial charge on any atom is 0.0406 e. The molecular formula is C15H22ClNS. The molecule has 18 heavy (non-hydrogen) atoms. The lowest BCUT2D eigenvalue weighted by molar-refractivity contribution is 0.616. The normalized spacial score (nSPS) is 18.1. The monoisotopic (exact) mass is 283 g/mol. The predicted molar refractivity (Wildman–Crippen MR) is 82.7 cm³/mol. The second-order valence-electron chi connectivity index (χ2n) is 5.06. The van der Waals surface area contributed by atoms with E-state index < -0.39 is 0 Å². The highest BCUT2D eigenvalue weighted by molar-refractivity contribution is 7.99. The van der Waals surface area contributed by atoms with Gasteiger partial charge in [-0.3, -0.25) is 0 Å².